The van der Waals surface area contributed by atoms with Gasteiger partial charge in [0.15, 0.2) is 5.92 Å². The highest BCUT2D eigenvalue weighted by Gasteiger charge is 2.41. The standard InChI is InChI=1S/C20H25NO2/c1-4-7-14-20(5-2,18(16-21)19(22)23-6-3)15-13-17-11-9-8-10-12-17/h8-12,18H,4-7,14H2,1-3H3. The van der Waals surface area contributed by atoms with E-state index < -0.39 is 17.3 Å². The Bertz CT molecular complexity index is 592. The van der Waals surface area contributed by atoms with Gasteiger partial charge in [-0.2, -0.15) is 5.26 Å². The van der Waals surface area contributed by atoms with Gasteiger partial charge in [0.1, 0.15) is 0 Å². The Balaban J connectivity index is 3.22. The first-order valence-corrected chi connectivity index (χ1v) is 8.28. The van der Waals surface area contributed by atoms with Gasteiger partial charge in [-0.15, -0.1) is 0 Å². The first-order chi connectivity index (χ1) is 11.1. The predicted octanol–water partition coefficient (Wildman–Crippen LogP) is 4.33. The number of hydrogen-bond acceptors (Lipinski definition) is 3. The Morgan fingerprint density at radius 1 is 1.26 bits per heavy atom. The van der Waals surface area contributed by atoms with Crippen molar-refractivity contribution in [1.29, 1.82) is 5.26 Å². The minimum atomic E-state index is -0.852. The summed E-state index contributed by atoms with van der Waals surface area (Å²) >= 11 is 0. The van der Waals surface area contributed by atoms with Crippen LogP contribution in [0, 0.1) is 34.5 Å². The van der Waals surface area contributed by atoms with Crippen LogP contribution in [0.4, 0.5) is 0 Å². The smallest absolute Gasteiger partial charge is 0.324 e. The van der Waals surface area contributed by atoms with Gasteiger partial charge in [0, 0.05) is 5.56 Å². The molecule has 0 aliphatic heterocycles. The molecule has 0 spiro atoms. The number of benzene rings is 1. The normalized spacial score (nSPS) is 13.8. The summed E-state index contributed by atoms with van der Waals surface area (Å²) in [6, 6.07) is 11.8. The van der Waals surface area contributed by atoms with Crippen molar-refractivity contribution in [3.8, 4) is 17.9 Å². The number of rotatable bonds is 7. The van der Waals surface area contributed by atoms with E-state index >= 15 is 0 Å². The van der Waals surface area contributed by atoms with E-state index in [4.69, 9.17) is 4.74 Å². The molecule has 1 rings (SSSR count). The predicted molar refractivity (Wildman–Crippen MR) is 91.3 cm³/mol. The lowest BCUT2D eigenvalue weighted by Crippen LogP contribution is -2.35. The SMILES string of the molecule is CCCCC(C#Cc1ccccc1)(CC)C(C#N)C(=O)OCC. The van der Waals surface area contributed by atoms with Crippen molar-refractivity contribution in [2.45, 2.75) is 46.5 Å². The van der Waals surface area contributed by atoms with Crippen LogP contribution < -0.4 is 0 Å². The quantitative estimate of drug-likeness (QED) is 0.556. The molecule has 0 bridgehead atoms. The highest BCUT2D eigenvalue weighted by Crippen LogP contribution is 2.37. The fraction of sp³-hybridized carbons (Fsp3) is 0.500. The molecule has 0 aliphatic carbocycles. The molecule has 1 aromatic carbocycles. The number of carbonyl (C=O) groups is 1. The van der Waals surface area contributed by atoms with Crippen LogP contribution in [0.25, 0.3) is 0 Å². The van der Waals surface area contributed by atoms with Gasteiger partial charge in [0.2, 0.25) is 0 Å². The molecule has 23 heavy (non-hydrogen) atoms. The van der Waals surface area contributed by atoms with E-state index in [1.54, 1.807) is 6.92 Å². The lowest BCUT2D eigenvalue weighted by atomic mass is 9.70. The van der Waals surface area contributed by atoms with E-state index in [2.05, 4.69) is 24.8 Å². The maximum absolute atomic E-state index is 12.2. The molecule has 3 nitrogen and oxygen atoms in total. The summed E-state index contributed by atoms with van der Waals surface area (Å²) in [5, 5.41) is 9.57. The number of ether oxygens (including phenoxy) is 1. The lowest BCUT2D eigenvalue weighted by molar-refractivity contribution is -0.149. The molecular weight excluding hydrogens is 286 g/mol. The monoisotopic (exact) mass is 311 g/mol. The molecule has 3 heteroatoms. The zero-order valence-corrected chi connectivity index (χ0v) is 14.3. The Kier molecular flexibility index (Phi) is 7.92. The van der Waals surface area contributed by atoms with E-state index in [1.807, 2.05) is 37.3 Å². The van der Waals surface area contributed by atoms with Crippen LogP contribution in [0.5, 0.6) is 0 Å². The van der Waals surface area contributed by atoms with E-state index in [1.165, 1.54) is 0 Å². The second-order valence-electron chi connectivity index (χ2n) is 5.54. The third kappa shape index (κ3) is 5.15. The van der Waals surface area contributed by atoms with Crippen LogP contribution in [0.3, 0.4) is 0 Å². The summed E-state index contributed by atoms with van der Waals surface area (Å²) in [7, 11) is 0. The molecule has 2 unspecified atom stereocenters. The average molecular weight is 311 g/mol. The number of nitriles is 1. The molecule has 2 atom stereocenters. The maximum Gasteiger partial charge on any atom is 0.324 e. The van der Waals surface area contributed by atoms with E-state index in [9.17, 15) is 10.1 Å². The molecule has 0 N–H and O–H groups in total. The second-order valence-corrected chi connectivity index (χ2v) is 5.54. The molecule has 0 saturated carbocycles. The minimum absolute atomic E-state index is 0.275. The van der Waals surface area contributed by atoms with Crippen molar-refractivity contribution < 1.29 is 9.53 Å². The highest BCUT2D eigenvalue weighted by atomic mass is 16.5. The third-order valence-corrected chi connectivity index (χ3v) is 4.04. The Morgan fingerprint density at radius 2 is 1.96 bits per heavy atom. The van der Waals surface area contributed by atoms with Gasteiger partial charge in [0.25, 0.3) is 0 Å². The first-order valence-electron chi connectivity index (χ1n) is 8.28. The lowest BCUT2D eigenvalue weighted by Gasteiger charge is -2.30. The zero-order chi connectivity index (χ0) is 17.1. The van der Waals surface area contributed by atoms with Crippen LogP contribution in [-0.2, 0) is 9.53 Å². The molecule has 0 amide bonds. The van der Waals surface area contributed by atoms with E-state index in [-0.39, 0.29) is 6.61 Å². The second kappa shape index (κ2) is 9.70. The number of carbonyl (C=O) groups excluding carboxylic acids is 1. The molecule has 0 aliphatic rings. The van der Waals surface area contributed by atoms with Crippen molar-refractivity contribution in [2.24, 2.45) is 11.3 Å². The van der Waals surface area contributed by atoms with Crippen molar-refractivity contribution in [3.63, 3.8) is 0 Å². The van der Waals surface area contributed by atoms with Gasteiger partial charge in [-0.1, -0.05) is 56.7 Å². The van der Waals surface area contributed by atoms with Crippen LogP contribution >= 0.6 is 0 Å². The summed E-state index contributed by atoms with van der Waals surface area (Å²) in [5.41, 5.74) is 0.231. The number of unbranched alkanes of at least 4 members (excludes halogenated alkanes) is 1. The number of esters is 1. The minimum Gasteiger partial charge on any atom is -0.465 e. The Morgan fingerprint density at radius 3 is 2.48 bits per heavy atom. The molecular formula is C20H25NO2. The van der Waals surface area contributed by atoms with Crippen LogP contribution in [0.1, 0.15) is 52.0 Å². The molecule has 0 fully saturated rings. The fourth-order valence-corrected chi connectivity index (χ4v) is 2.59. The van der Waals surface area contributed by atoms with Gasteiger partial charge in [-0.05, 0) is 31.9 Å². The van der Waals surface area contributed by atoms with Gasteiger partial charge in [-0.3, -0.25) is 4.79 Å². The van der Waals surface area contributed by atoms with Crippen molar-refractivity contribution in [1.82, 2.24) is 0 Å². The van der Waals surface area contributed by atoms with E-state index in [0.29, 0.717) is 6.42 Å². The summed E-state index contributed by atoms with van der Waals surface area (Å²) in [6.45, 7) is 6.11. The van der Waals surface area contributed by atoms with Gasteiger partial charge < -0.3 is 4.74 Å². The van der Waals surface area contributed by atoms with Gasteiger partial charge in [-0.25, -0.2) is 0 Å². The number of hydrogen-bond donors (Lipinski definition) is 0. The molecule has 1 aromatic rings. The Labute approximate surface area is 139 Å². The molecule has 0 radical (unpaired) electrons. The molecule has 0 saturated heterocycles. The van der Waals surface area contributed by atoms with Crippen LogP contribution in [0.15, 0.2) is 30.3 Å². The highest BCUT2D eigenvalue weighted by molar-refractivity contribution is 5.77. The first kappa shape index (κ1) is 18.8. The fourth-order valence-electron chi connectivity index (χ4n) is 2.59. The van der Waals surface area contributed by atoms with Gasteiger partial charge >= 0.3 is 5.97 Å². The largest absolute Gasteiger partial charge is 0.465 e. The summed E-state index contributed by atoms with van der Waals surface area (Å²) in [5.74, 6) is 5.08. The maximum atomic E-state index is 12.2. The topological polar surface area (TPSA) is 50.1 Å². The van der Waals surface area contributed by atoms with Gasteiger partial charge in [0.05, 0.1) is 18.1 Å². The van der Waals surface area contributed by atoms with Crippen LogP contribution in [-0.4, -0.2) is 12.6 Å². The average Bonchev–Trinajstić information content (AvgIpc) is 2.58. The summed E-state index contributed by atoms with van der Waals surface area (Å²) in [4.78, 5) is 12.2. The summed E-state index contributed by atoms with van der Waals surface area (Å²) in [6.07, 6.45) is 3.28. The van der Waals surface area contributed by atoms with Crippen molar-refractivity contribution in [2.75, 3.05) is 6.61 Å². The van der Waals surface area contributed by atoms with E-state index in [0.717, 1.165) is 24.8 Å². The Hall–Kier alpha value is -2.26. The summed E-state index contributed by atoms with van der Waals surface area (Å²) < 4.78 is 5.11. The molecule has 0 aromatic heterocycles. The number of nitrogens with zero attached hydrogens (tertiary/aromatic N) is 1. The molecule has 0 heterocycles. The zero-order valence-electron chi connectivity index (χ0n) is 14.3. The van der Waals surface area contributed by atoms with Crippen LogP contribution in [0.2, 0.25) is 0 Å². The van der Waals surface area contributed by atoms with Crippen molar-refractivity contribution >= 4 is 5.97 Å². The van der Waals surface area contributed by atoms with Crippen molar-refractivity contribution in [3.05, 3.63) is 35.9 Å². The molecule has 122 valence electrons. The third-order valence-electron chi connectivity index (χ3n) is 4.04.